The Hall–Kier alpha value is -2.11. The van der Waals surface area contributed by atoms with Gasteiger partial charge in [0, 0.05) is 11.8 Å². The van der Waals surface area contributed by atoms with Crippen LogP contribution in [-0.4, -0.2) is 24.1 Å². The van der Waals surface area contributed by atoms with Gasteiger partial charge in [-0.05, 0) is 17.5 Å². The zero-order valence-electron chi connectivity index (χ0n) is 11.4. The fraction of sp³-hybridized carbons (Fsp3) is 0.429. The van der Waals surface area contributed by atoms with E-state index >= 15 is 0 Å². The Balaban J connectivity index is 2.12. The van der Waals surface area contributed by atoms with E-state index in [1.54, 1.807) is 13.8 Å². The van der Waals surface area contributed by atoms with E-state index < -0.39 is 29.0 Å². The summed E-state index contributed by atoms with van der Waals surface area (Å²) in [5.41, 5.74) is -0.194. The fourth-order valence-corrected chi connectivity index (χ4v) is 2.55. The predicted molar refractivity (Wildman–Crippen MR) is 70.0 cm³/mol. The van der Waals surface area contributed by atoms with Crippen LogP contribution in [0.15, 0.2) is 18.2 Å². The Morgan fingerprint density at radius 1 is 1.35 bits per heavy atom. The number of carboxylic acids is 1. The van der Waals surface area contributed by atoms with Crippen molar-refractivity contribution in [3.8, 4) is 5.75 Å². The van der Waals surface area contributed by atoms with Crippen LogP contribution < -0.4 is 10.1 Å². The summed E-state index contributed by atoms with van der Waals surface area (Å²) in [6, 6.07) is 3.94. The molecule has 0 radical (unpaired) electrons. The van der Waals surface area contributed by atoms with Crippen molar-refractivity contribution < 1.29 is 23.8 Å². The highest BCUT2D eigenvalue weighted by molar-refractivity contribution is 5.99. The monoisotopic (exact) mass is 281 g/mol. The van der Waals surface area contributed by atoms with Crippen LogP contribution >= 0.6 is 0 Å². The molecule has 0 unspecified atom stereocenters. The molecule has 0 aromatic heterocycles. The number of halogens is 1. The molecule has 1 fully saturated rings. The van der Waals surface area contributed by atoms with Gasteiger partial charge in [-0.25, -0.2) is 4.39 Å². The van der Waals surface area contributed by atoms with E-state index in [0.29, 0.717) is 5.69 Å². The van der Waals surface area contributed by atoms with Gasteiger partial charge in [-0.3, -0.25) is 9.59 Å². The number of carbonyl (C=O) groups excluding carboxylic acids is 1. The molecule has 5 nitrogen and oxygen atoms in total. The van der Waals surface area contributed by atoms with E-state index in [1.165, 1.54) is 25.3 Å². The number of rotatable bonds is 4. The molecule has 2 atom stereocenters. The highest BCUT2D eigenvalue weighted by atomic mass is 19.1. The number of hydrogen-bond acceptors (Lipinski definition) is 3. The number of benzene rings is 1. The maximum atomic E-state index is 13.3. The van der Waals surface area contributed by atoms with Gasteiger partial charge in [-0.15, -0.1) is 0 Å². The molecule has 0 saturated heterocycles. The normalized spacial score (nSPS) is 23.0. The maximum absolute atomic E-state index is 13.3. The third-order valence-corrected chi connectivity index (χ3v) is 3.79. The summed E-state index contributed by atoms with van der Waals surface area (Å²) in [7, 11) is 1.33. The molecule has 1 aliphatic rings. The first kappa shape index (κ1) is 14.3. The average molecular weight is 281 g/mol. The van der Waals surface area contributed by atoms with Crippen LogP contribution in [-0.2, 0) is 9.59 Å². The van der Waals surface area contributed by atoms with Gasteiger partial charge in [0.25, 0.3) is 0 Å². The van der Waals surface area contributed by atoms with Crippen LogP contribution in [0.2, 0.25) is 0 Å². The fourth-order valence-electron chi connectivity index (χ4n) is 2.55. The number of methoxy groups -OCH3 is 1. The van der Waals surface area contributed by atoms with Crippen molar-refractivity contribution in [1.82, 2.24) is 0 Å². The molecule has 0 aliphatic heterocycles. The first-order valence-corrected chi connectivity index (χ1v) is 6.16. The minimum atomic E-state index is -0.980. The molecule has 0 spiro atoms. The molecular weight excluding hydrogens is 265 g/mol. The Morgan fingerprint density at radius 3 is 2.50 bits per heavy atom. The van der Waals surface area contributed by atoms with E-state index in [1.807, 2.05) is 0 Å². The average Bonchev–Trinajstić information content (AvgIpc) is 2.95. The summed E-state index contributed by atoms with van der Waals surface area (Å²) in [6.07, 6.45) is 0. The maximum Gasteiger partial charge on any atom is 0.307 e. The predicted octanol–water partition coefficient (Wildman–Crippen LogP) is 2.13. The number of anilines is 1. The molecule has 0 bridgehead atoms. The Labute approximate surface area is 115 Å². The summed E-state index contributed by atoms with van der Waals surface area (Å²) < 4.78 is 18.1. The lowest BCUT2D eigenvalue weighted by Crippen LogP contribution is -2.17. The number of nitrogens with one attached hydrogen (secondary N) is 1. The molecule has 2 rings (SSSR count). The van der Waals surface area contributed by atoms with Gasteiger partial charge in [0.05, 0.1) is 18.9 Å². The quantitative estimate of drug-likeness (QED) is 0.886. The minimum Gasteiger partial charge on any atom is -0.494 e. The van der Waals surface area contributed by atoms with Gasteiger partial charge < -0.3 is 15.2 Å². The third-order valence-electron chi connectivity index (χ3n) is 3.79. The molecular formula is C14H16FNO4. The first-order chi connectivity index (χ1) is 9.28. The lowest BCUT2D eigenvalue weighted by molar-refractivity contribution is -0.140. The zero-order valence-corrected chi connectivity index (χ0v) is 11.4. The van der Waals surface area contributed by atoms with Crippen LogP contribution in [0, 0.1) is 23.1 Å². The lowest BCUT2D eigenvalue weighted by atomic mass is 10.1. The lowest BCUT2D eigenvalue weighted by Gasteiger charge is -2.08. The van der Waals surface area contributed by atoms with Crippen LogP contribution in [0.5, 0.6) is 5.75 Å². The minimum absolute atomic E-state index is 0.0210. The van der Waals surface area contributed by atoms with E-state index in [-0.39, 0.29) is 11.7 Å². The Bertz CT molecular complexity index is 570. The van der Waals surface area contributed by atoms with E-state index in [4.69, 9.17) is 9.84 Å². The largest absolute Gasteiger partial charge is 0.494 e. The van der Waals surface area contributed by atoms with Gasteiger partial charge in [-0.2, -0.15) is 0 Å². The summed E-state index contributed by atoms with van der Waals surface area (Å²) in [6.45, 7) is 3.47. The van der Waals surface area contributed by atoms with Crippen molar-refractivity contribution in [2.45, 2.75) is 13.8 Å². The van der Waals surface area contributed by atoms with Gasteiger partial charge in [0.2, 0.25) is 5.91 Å². The van der Waals surface area contributed by atoms with Crippen LogP contribution in [0.3, 0.4) is 0 Å². The van der Waals surface area contributed by atoms with Crippen molar-refractivity contribution >= 4 is 17.6 Å². The van der Waals surface area contributed by atoms with Crippen molar-refractivity contribution in [2.75, 3.05) is 12.4 Å². The van der Waals surface area contributed by atoms with Crippen molar-refractivity contribution in [2.24, 2.45) is 17.3 Å². The number of hydrogen-bond donors (Lipinski definition) is 2. The molecule has 6 heteroatoms. The Morgan fingerprint density at radius 2 is 2.00 bits per heavy atom. The number of carboxylic acid groups (broad SMARTS) is 1. The molecule has 2 N–H and O–H groups in total. The van der Waals surface area contributed by atoms with Crippen LogP contribution in [0.25, 0.3) is 0 Å². The molecule has 20 heavy (non-hydrogen) atoms. The standard InChI is InChI=1S/C14H16FNO4/c1-14(2)10(11(14)13(18)19)12(17)16-7-4-5-8(15)9(6-7)20-3/h4-6,10-11H,1-3H3,(H,16,17)(H,18,19)/t10-,11+/m1/s1. The van der Waals surface area contributed by atoms with Crippen molar-refractivity contribution in [1.29, 1.82) is 0 Å². The van der Waals surface area contributed by atoms with E-state index in [0.717, 1.165) is 0 Å². The molecule has 1 aliphatic carbocycles. The smallest absolute Gasteiger partial charge is 0.307 e. The second-order valence-corrected chi connectivity index (χ2v) is 5.45. The number of aliphatic carboxylic acids is 1. The SMILES string of the molecule is COc1cc(NC(=O)[C@H]2[C@@H](C(=O)O)C2(C)C)ccc1F. The molecule has 0 heterocycles. The summed E-state index contributed by atoms with van der Waals surface area (Å²) in [4.78, 5) is 23.1. The van der Waals surface area contributed by atoms with E-state index in [9.17, 15) is 14.0 Å². The molecule has 1 saturated carbocycles. The number of carbonyl (C=O) groups is 2. The van der Waals surface area contributed by atoms with Gasteiger partial charge >= 0.3 is 5.97 Å². The van der Waals surface area contributed by atoms with E-state index in [2.05, 4.69) is 5.32 Å². The zero-order chi connectivity index (χ0) is 15.1. The van der Waals surface area contributed by atoms with Gasteiger partial charge in [0.1, 0.15) is 0 Å². The summed E-state index contributed by atoms with van der Waals surface area (Å²) in [5, 5.41) is 11.6. The summed E-state index contributed by atoms with van der Waals surface area (Å²) in [5.74, 6) is -3.14. The molecule has 108 valence electrons. The molecule has 1 aromatic rings. The Kier molecular flexibility index (Phi) is 3.41. The second-order valence-electron chi connectivity index (χ2n) is 5.45. The topological polar surface area (TPSA) is 75.6 Å². The highest BCUT2D eigenvalue weighted by Crippen LogP contribution is 2.58. The molecule has 1 amide bonds. The van der Waals surface area contributed by atoms with Crippen LogP contribution in [0.1, 0.15) is 13.8 Å². The van der Waals surface area contributed by atoms with Gasteiger partial charge in [0.15, 0.2) is 11.6 Å². The third kappa shape index (κ3) is 2.33. The van der Waals surface area contributed by atoms with Crippen molar-refractivity contribution in [3.05, 3.63) is 24.0 Å². The molecule has 1 aromatic carbocycles. The van der Waals surface area contributed by atoms with Gasteiger partial charge in [-0.1, -0.05) is 13.8 Å². The second kappa shape index (κ2) is 4.77. The van der Waals surface area contributed by atoms with Crippen molar-refractivity contribution in [3.63, 3.8) is 0 Å². The number of ether oxygens (including phenoxy) is 1. The number of amides is 1. The first-order valence-electron chi connectivity index (χ1n) is 6.16. The van der Waals surface area contributed by atoms with Crippen LogP contribution in [0.4, 0.5) is 10.1 Å². The summed E-state index contributed by atoms with van der Waals surface area (Å²) >= 11 is 0. The highest BCUT2D eigenvalue weighted by Gasteiger charge is 2.65.